The number of carbonyl (C=O) groups is 1. The van der Waals surface area contributed by atoms with Crippen molar-refractivity contribution >= 4 is 51.6 Å². The SMILES string of the molecule is Cc1ccc(NC(=O)CSc2nncn3c2cc2occc23)c(Cl)c1. The molecule has 25 heavy (non-hydrogen) atoms. The molecule has 1 amide bonds. The summed E-state index contributed by atoms with van der Waals surface area (Å²) in [5, 5.41) is 12.1. The summed E-state index contributed by atoms with van der Waals surface area (Å²) in [4.78, 5) is 12.2. The van der Waals surface area contributed by atoms with E-state index in [9.17, 15) is 4.79 Å². The lowest BCUT2D eigenvalue weighted by atomic mass is 10.2. The van der Waals surface area contributed by atoms with Gasteiger partial charge in [-0.05, 0) is 24.6 Å². The summed E-state index contributed by atoms with van der Waals surface area (Å²) < 4.78 is 7.30. The highest BCUT2D eigenvalue weighted by atomic mass is 35.5. The van der Waals surface area contributed by atoms with E-state index in [1.165, 1.54) is 11.8 Å². The number of fused-ring (bicyclic) bond motifs is 3. The Labute approximate surface area is 152 Å². The van der Waals surface area contributed by atoms with Crippen LogP contribution < -0.4 is 5.32 Å². The maximum absolute atomic E-state index is 12.2. The lowest BCUT2D eigenvalue weighted by Crippen LogP contribution is -2.14. The third-order valence-electron chi connectivity index (χ3n) is 3.73. The van der Waals surface area contributed by atoms with Gasteiger partial charge in [-0.15, -0.1) is 10.2 Å². The van der Waals surface area contributed by atoms with Gasteiger partial charge in [0, 0.05) is 12.1 Å². The Morgan fingerprint density at radius 3 is 3.04 bits per heavy atom. The molecule has 1 N–H and O–H groups in total. The largest absolute Gasteiger partial charge is 0.463 e. The summed E-state index contributed by atoms with van der Waals surface area (Å²) in [5.41, 5.74) is 4.17. The molecule has 0 radical (unpaired) electrons. The minimum Gasteiger partial charge on any atom is -0.463 e. The number of rotatable bonds is 4. The average molecular weight is 373 g/mol. The van der Waals surface area contributed by atoms with Gasteiger partial charge in [-0.25, -0.2) is 0 Å². The summed E-state index contributed by atoms with van der Waals surface area (Å²) in [6, 6.07) is 9.26. The fraction of sp³-hybridized carbons (Fsp3) is 0.118. The molecule has 0 spiro atoms. The minimum absolute atomic E-state index is 0.158. The predicted octanol–water partition coefficient (Wildman–Crippen LogP) is 4.17. The van der Waals surface area contributed by atoms with Gasteiger partial charge >= 0.3 is 0 Å². The van der Waals surface area contributed by atoms with Crippen LogP contribution in [0.5, 0.6) is 0 Å². The summed E-state index contributed by atoms with van der Waals surface area (Å²) in [5.74, 6) is 0.0419. The maximum atomic E-state index is 12.2. The van der Waals surface area contributed by atoms with E-state index in [0.29, 0.717) is 15.7 Å². The monoisotopic (exact) mass is 372 g/mol. The van der Waals surface area contributed by atoms with Gasteiger partial charge < -0.3 is 9.73 Å². The summed E-state index contributed by atoms with van der Waals surface area (Å²) in [6.45, 7) is 1.94. The summed E-state index contributed by atoms with van der Waals surface area (Å²) >= 11 is 7.46. The van der Waals surface area contributed by atoms with Crippen LogP contribution in [0.2, 0.25) is 5.02 Å². The van der Waals surface area contributed by atoms with Crippen molar-refractivity contribution < 1.29 is 9.21 Å². The van der Waals surface area contributed by atoms with Crippen molar-refractivity contribution in [3.63, 3.8) is 0 Å². The minimum atomic E-state index is -0.158. The normalized spacial score (nSPS) is 11.3. The highest BCUT2D eigenvalue weighted by molar-refractivity contribution is 8.00. The molecule has 0 aliphatic carbocycles. The lowest BCUT2D eigenvalue weighted by Gasteiger charge is -2.08. The molecule has 8 heteroatoms. The average Bonchev–Trinajstić information content (AvgIpc) is 3.17. The number of furan rings is 1. The number of aromatic nitrogens is 3. The first kappa shape index (κ1) is 16.0. The highest BCUT2D eigenvalue weighted by Gasteiger charge is 2.13. The molecule has 4 rings (SSSR count). The molecule has 0 saturated carbocycles. The predicted molar refractivity (Wildman–Crippen MR) is 98.3 cm³/mol. The first-order chi connectivity index (χ1) is 12.1. The number of hydrogen-bond donors (Lipinski definition) is 1. The van der Waals surface area contributed by atoms with Gasteiger partial charge in [0.2, 0.25) is 5.91 Å². The molecular formula is C17H13ClN4O2S. The number of halogens is 1. The number of amides is 1. The van der Waals surface area contributed by atoms with Gasteiger partial charge in [0.15, 0.2) is 5.58 Å². The number of carbonyl (C=O) groups excluding carboxylic acids is 1. The van der Waals surface area contributed by atoms with Gasteiger partial charge in [0.05, 0.1) is 33.8 Å². The Morgan fingerprint density at radius 2 is 2.20 bits per heavy atom. The van der Waals surface area contributed by atoms with Crippen molar-refractivity contribution in [3.8, 4) is 0 Å². The van der Waals surface area contributed by atoms with E-state index in [0.717, 1.165) is 22.2 Å². The fourth-order valence-corrected chi connectivity index (χ4v) is 3.59. The molecule has 3 aromatic heterocycles. The Balaban J connectivity index is 1.51. The Bertz CT molecular complexity index is 1090. The van der Waals surface area contributed by atoms with Gasteiger partial charge in [0.25, 0.3) is 0 Å². The van der Waals surface area contributed by atoms with Crippen molar-refractivity contribution in [1.82, 2.24) is 14.6 Å². The molecule has 0 fully saturated rings. The number of aryl methyl sites for hydroxylation is 1. The van der Waals surface area contributed by atoms with Crippen LogP contribution in [0.4, 0.5) is 5.69 Å². The van der Waals surface area contributed by atoms with Crippen LogP contribution in [0.15, 0.2) is 52.4 Å². The second-order valence-electron chi connectivity index (χ2n) is 5.53. The number of benzene rings is 1. The van der Waals surface area contributed by atoms with E-state index in [4.69, 9.17) is 16.0 Å². The third kappa shape index (κ3) is 3.08. The smallest absolute Gasteiger partial charge is 0.234 e. The summed E-state index contributed by atoms with van der Waals surface area (Å²) in [6.07, 6.45) is 3.26. The first-order valence-electron chi connectivity index (χ1n) is 7.50. The van der Waals surface area contributed by atoms with Crippen LogP contribution in [0, 0.1) is 6.92 Å². The lowest BCUT2D eigenvalue weighted by molar-refractivity contribution is -0.113. The number of hydrogen-bond acceptors (Lipinski definition) is 5. The topological polar surface area (TPSA) is 72.4 Å². The van der Waals surface area contributed by atoms with Crippen LogP contribution in [0.1, 0.15) is 5.56 Å². The molecule has 0 aliphatic rings. The van der Waals surface area contributed by atoms with Crippen molar-refractivity contribution in [2.45, 2.75) is 11.9 Å². The van der Waals surface area contributed by atoms with E-state index >= 15 is 0 Å². The van der Waals surface area contributed by atoms with E-state index in [1.807, 2.05) is 35.6 Å². The number of anilines is 1. The number of nitrogens with one attached hydrogen (secondary N) is 1. The standard InChI is InChI=1S/C17H13ClN4O2S/c1-10-2-3-12(11(18)6-10)20-16(23)8-25-17-14-7-15-13(4-5-24-15)22(14)9-19-21-17/h2-7,9H,8H2,1H3,(H,20,23). The van der Waals surface area contributed by atoms with Crippen LogP contribution in [-0.4, -0.2) is 26.3 Å². The van der Waals surface area contributed by atoms with E-state index < -0.39 is 0 Å². The second-order valence-corrected chi connectivity index (χ2v) is 6.90. The van der Waals surface area contributed by atoms with Gasteiger partial charge in [-0.3, -0.25) is 9.20 Å². The maximum Gasteiger partial charge on any atom is 0.234 e. The summed E-state index contributed by atoms with van der Waals surface area (Å²) in [7, 11) is 0. The highest BCUT2D eigenvalue weighted by Crippen LogP contribution is 2.28. The van der Waals surface area contributed by atoms with Gasteiger partial charge in [-0.1, -0.05) is 29.4 Å². The molecular weight excluding hydrogens is 360 g/mol. The molecule has 0 unspecified atom stereocenters. The van der Waals surface area contributed by atoms with E-state index in [2.05, 4.69) is 15.5 Å². The van der Waals surface area contributed by atoms with Crippen molar-refractivity contribution in [2.75, 3.05) is 11.1 Å². The van der Waals surface area contributed by atoms with Crippen LogP contribution in [-0.2, 0) is 4.79 Å². The molecule has 1 aromatic carbocycles. The first-order valence-corrected chi connectivity index (χ1v) is 8.87. The zero-order valence-corrected chi connectivity index (χ0v) is 14.8. The van der Waals surface area contributed by atoms with Crippen LogP contribution in [0.25, 0.3) is 16.6 Å². The van der Waals surface area contributed by atoms with Crippen LogP contribution >= 0.6 is 23.4 Å². The quantitative estimate of drug-likeness (QED) is 0.544. The zero-order chi connectivity index (χ0) is 17.4. The van der Waals surface area contributed by atoms with E-state index in [1.54, 1.807) is 18.7 Å². The zero-order valence-electron chi connectivity index (χ0n) is 13.2. The molecule has 4 aromatic rings. The van der Waals surface area contributed by atoms with Gasteiger partial charge in [-0.2, -0.15) is 0 Å². The fourth-order valence-electron chi connectivity index (χ4n) is 2.56. The molecule has 0 atom stereocenters. The van der Waals surface area contributed by atoms with Crippen LogP contribution in [0.3, 0.4) is 0 Å². The number of nitrogens with zero attached hydrogens (tertiary/aromatic N) is 3. The molecule has 0 saturated heterocycles. The Kier molecular flexibility index (Phi) is 4.10. The second kappa shape index (κ2) is 6.42. The Morgan fingerprint density at radius 1 is 1.32 bits per heavy atom. The van der Waals surface area contributed by atoms with Crippen molar-refractivity contribution in [1.29, 1.82) is 0 Å². The third-order valence-corrected chi connectivity index (χ3v) is 5.02. The van der Waals surface area contributed by atoms with Crippen molar-refractivity contribution in [3.05, 3.63) is 53.5 Å². The molecule has 3 heterocycles. The van der Waals surface area contributed by atoms with Crippen molar-refractivity contribution in [2.24, 2.45) is 0 Å². The molecule has 0 aliphatic heterocycles. The molecule has 126 valence electrons. The van der Waals surface area contributed by atoms with E-state index in [-0.39, 0.29) is 11.7 Å². The molecule has 6 nitrogen and oxygen atoms in total. The number of thioether (sulfide) groups is 1. The Hall–Kier alpha value is -2.51. The van der Waals surface area contributed by atoms with Gasteiger partial charge in [0.1, 0.15) is 11.4 Å². The molecule has 0 bridgehead atoms.